The van der Waals surface area contributed by atoms with Gasteiger partial charge in [-0.25, -0.2) is 4.79 Å². The zero-order valence-electron chi connectivity index (χ0n) is 28.8. The normalized spacial score (nSPS) is 25.6. The van der Waals surface area contributed by atoms with Gasteiger partial charge in [-0.3, -0.25) is 4.90 Å². The molecule has 1 amide bonds. The minimum atomic E-state index is -0.995. The predicted molar refractivity (Wildman–Crippen MR) is 182 cm³/mol. The van der Waals surface area contributed by atoms with Crippen molar-refractivity contribution in [2.45, 2.75) is 115 Å². The van der Waals surface area contributed by atoms with Crippen molar-refractivity contribution in [3.8, 4) is 0 Å². The molecule has 3 aromatic rings. The second-order valence-corrected chi connectivity index (χ2v) is 14.1. The van der Waals surface area contributed by atoms with Gasteiger partial charge in [-0.1, -0.05) is 91.0 Å². The Labute approximate surface area is 285 Å². The van der Waals surface area contributed by atoms with Crippen molar-refractivity contribution in [1.82, 2.24) is 4.90 Å². The molecular weight excluding hydrogens is 610 g/mol. The van der Waals surface area contributed by atoms with Crippen LogP contribution in [0, 0.1) is 0 Å². The molecule has 2 heterocycles. The smallest absolute Gasteiger partial charge is 0.412 e. The van der Waals surface area contributed by atoms with Gasteiger partial charge in [0.2, 0.25) is 0 Å². The molecule has 5 rings (SSSR count). The number of hydrogen-bond donors (Lipinski definition) is 1. The Morgan fingerprint density at radius 3 is 1.85 bits per heavy atom. The van der Waals surface area contributed by atoms with Crippen LogP contribution < -0.4 is 0 Å². The minimum absolute atomic E-state index is 0.242. The topological polar surface area (TPSA) is 95.9 Å². The highest BCUT2D eigenvalue weighted by molar-refractivity contribution is 5.69. The molecule has 0 aliphatic carbocycles. The second-order valence-electron chi connectivity index (χ2n) is 14.1. The summed E-state index contributed by atoms with van der Waals surface area (Å²) < 4.78 is 37.7. The van der Waals surface area contributed by atoms with Gasteiger partial charge < -0.3 is 33.5 Å². The SMILES string of the molecule is CC(C)(C)OC(=O)N1[C@@H](CC[C@@H]2O[C@H](COCc3ccccc3)[C@@H](OCc3ccccc3)[C@H](OCc3ccccc3)[C@H]2O)COC1(C)C. The van der Waals surface area contributed by atoms with E-state index >= 15 is 0 Å². The van der Waals surface area contributed by atoms with Crippen LogP contribution in [0.4, 0.5) is 4.79 Å². The van der Waals surface area contributed by atoms with Gasteiger partial charge in [-0.05, 0) is 64.2 Å². The number of carbonyl (C=O) groups excluding carboxylic acids is 1. The third kappa shape index (κ3) is 9.87. The lowest BCUT2D eigenvalue weighted by atomic mass is 9.91. The molecule has 48 heavy (non-hydrogen) atoms. The zero-order chi connectivity index (χ0) is 34.1. The molecule has 0 radical (unpaired) electrons. The number of amides is 1. The number of hydrogen-bond acceptors (Lipinski definition) is 8. The van der Waals surface area contributed by atoms with Crippen LogP contribution in [0.1, 0.15) is 64.2 Å². The maximum Gasteiger partial charge on any atom is 0.412 e. The Morgan fingerprint density at radius 2 is 1.31 bits per heavy atom. The van der Waals surface area contributed by atoms with Gasteiger partial charge in [-0.15, -0.1) is 0 Å². The second kappa shape index (κ2) is 16.4. The summed E-state index contributed by atoms with van der Waals surface area (Å²) in [6.07, 6.45) is -2.86. The standard InChI is InChI=1S/C39H51NO8/c1-38(2,3)48-37(42)40-31(26-46-39(40,4)5)21-22-32-34(41)36(45-25-30-19-13-8-14-20-30)35(44-24-29-17-11-7-12-18-29)33(47-32)27-43-23-28-15-9-6-10-16-28/h6-20,31-36,41H,21-27H2,1-5H3/t31-,32-,33+,34-,35+,36+/m0/s1. The Morgan fingerprint density at radius 1 is 0.792 bits per heavy atom. The minimum Gasteiger partial charge on any atom is -0.444 e. The first-order chi connectivity index (χ1) is 23.0. The van der Waals surface area contributed by atoms with E-state index in [1.54, 1.807) is 4.90 Å². The molecule has 9 heteroatoms. The maximum atomic E-state index is 13.3. The molecule has 2 fully saturated rings. The van der Waals surface area contributed by atoms with E-state index in [0.29, 0.717) is 39.3 Å². The number of benzene rings is 3. The summed E-state index contributed by atoms with van der Waals surface area (Å²) in [6.45, 7) is 10.9. The number of nitrogens with zero attached hydrogens (tertiary/aromatic N) is 1. The molecule has 0 bridgehead atoms. The number of aliphatic hydroxyl groups is 1. The predicted octanol–water partition coefficient (Wildman–Crippen LogP) is 6.65. The highest BCUT2D eigenvalue weighted by atomic mass is 16.6. The van der Waals surface area contributed by atoms with Crippen LogP contribution in [0.25, 0.3) is 0 Å². The Bertz CT molecular complexity index is 1400. The molecule has 3 aromatic carbocycles. The summed E-state index contributed by atoms with van der Waals surface area (Å²) in [5, 5.41) is 11.9. The van der Waals surface area contributed by atoms with Crippen LogP contribution in [0.3, 0.4) is 0 Å². The summed E-state index contributed by atoms with van der Waals surface area (Å²) in [5.74, 6) is 0. The monoisotopic (exact) mass is 661 g/mol. The summed E-state index contributed by atoms with van der Waals surface area (Å²) in [5.41, 5.74) is 1.57. The van der Waals surface area contributed by atoms with Crippen molar-refractivity contribution < 1.29 is 38.3 Å². The number of rotatable bonds is 13. The fourth-order valence-electron chi connectivity index (χ4n) is 6.30. The van der Waals surface area contributed by atoms with E-state index in [4.69, 9.17) is 28.4 Å². The summed E-state index contributed by atoms with van der Waals surface area (Å²) >= 11 is 0. The third-order valence-electron chi connectivity index (χ3n) is 8.67. The number of ether oxygens (including phenoxy) is 6. The Hall–Kier alpha value is -3.31. The van der Waals surface area contributed by atoms with Crippen molar-refractivity contribution in [3.63, 3.8) is 0 Å². The molecule has 2 aliphatic heterocycles. The lowest BCUT2D eigenvalue weighted by molar-refractivity contribution is -0.262. The van der Waals surface area contributed by atoms with Crippen LogP contribution in [0.15, 0.2) is 91.0 Å². The third-order valence-corrected chi connectivity index (χ3v) is 8.67. The highest BCUT2D eigenvalue weighted by Crippen LogP contribution is 2.35. The van der Waals surface area contributed by atoms with E-state index in [-0.39, 0.29) is 12.6 Å². The lowest BCUT2D eigenvalue weighted by Gasteiger charge is -2.45. The average Bonchev–Trinajstić information content (AvgIpc) is 3.37. The highest BCUT2D eigenvalue weighted by Gasteiger charge is 2.49. The van der Waals surface area contributed by atoms with Gasteiger partial charge in [0, 0.05) is 0 Å². The van der Waals surface area contributed by atoms with Gasteiger partial charge >= 0.3 is 6.09 Å². The number of carbonyl (C=O) groups is 1. The van der Waals surface area contributed by atoms with Crippen LogP contribution in [-0.2, 0) is 48.2 Å². The quantitative estimate of drug-likeness (QED) is 0.218. The molecule has 2 saturated heterocycles. The molecule has 6 atom stereocenters. The van der Waals surface area contributed by atoms with Crippen molar-refractivity contribution in [3.05, 3.63) is 108 Å². The first-order valence-corrected chi connectivity index (χ1v) is 16.9. The molecule has 0 aromatic heterocycles. The first kappa shape index (κ1) is 36.0. The van der Waals surface area contributed by atoms with Crippen LogP contribution in [0.2, 0.25) is 0 Å². The zero-order valence-corrected chi connectivity index (χ0v) is 28.8. The van der Waals surface area contributed by atoms with E-state index in [2.05, 4.69) is 0 Å². The lowest BCUT2D eigenvalue weighted by Crippen LogP contribution is -2.60. The molecular formula is C39H51NO8. The summed E-state index contributed by atoms with van der Waals surface area (Å²) in [6, 6.07) is 29.5. The fourth-order valence-corrected chi connectivity index (χ4v) is 6.30. The van der Waals surface area contributed by atoms with Crippen molar-refractivity contribution in [2.24, 2.45) is 0 Å². The molecule has 260 valence electrons. The van der Waals surface area contributed by atoms with E-state index in [1.807, 2.05) is 126 Å². The summed E-state index contributed by atoms with van der Waals surface area (Å²) in [4.78, 5) is 15.0. The molecule has 0 saturated carbocycles. The fraction of sp³-hybridized carbons (Fsp3) is 0.513. The Balaban J connectivity index is 1.35. The van der Waals surface area contributed by atoms with Gasteiger partial charge in [0.1, 0.15) is 35.7 Å². The van der Waals surface area contributed by atoms with Gasteiger partial charge in [0.15, 0.2) is 0 Å². The van der Waals surface area contributed by atoms with Crippen LogP contribution in [0.5, 0.6) is 0 Å². The van der Waals surface area contributed by atoms with Crippen LogP contribution in [-0.4, -0.2) is 77.2 Å². The average molecular weight is 662 g/mol. The van der Waals surface area contributed by atoms with E-state index < -0.39 is 47.9 Å². The van der Waals surface area contributed by atoms with E-state index in [9.17, 15) is 9.90 Å². The van der Waals surface area contributed by atoms with Crippen molar-refractivity contribution in [2.75, 3.05) is 13.2 Å². The molecule has 0 unspecified atom stereocenters. The first-order valence-electron chi connectivity index (χ1n) is 16.9. The maximum absolute atomic E-state index is 13.3. The Kier molecular flexibility index (Phi) is 12.3. The largest absolute Gasteiger partial charge is 0.444 e. The molecule has 0 spiro atoms. The molecule has 2 aliphatic rings. The molecule has 1 N–H and O–H groups in total. The van der Waals surface area contributed by atoms with Gasteiger partial charge in [-0.2, -0.15) is 0 Å². The molecule has 9 nitrogen and oxygen atoms in total. The van der Waals surface area contributed by atoms with Gasteiger partial charge in [0.05, 0.1) is 45.2 Å². The van der Waals surface area contributed by atoms with E-state index in [1.165, 1.54) is 0 Å². The van der Waals surface area contributed by atoms with Crippen LogP contribution >= 0.6 is 0 Å². The van der Waals surface area contributed by atoms with Crippen molar-refractivity contribution in [1.29, 1.82) is 0 Å². The summed E-state index contributed by atoms with van der Waals surface area (Å²) in [7, 11) is 0. The number of aliphatic hydroxyl groups excluding tert-OH is 1. The van der Waals surface area contributed by atoms with Crippen molar-refractivity contribution >= 4 is 6.09 Å². The van der Waals surface area contributed by atoms with E-state index in [0.717, 1.165) is 16.7 Å². The van der Waals surface area contributed by atoms with Gasteiger partial charge in [0.25, 0.3) is 0 Å².